The van der Waals surface area contributed by atoms with Gasteiger partial charge in [-0.3, -0.25) is 0 Å². The van der Waals surface area contributed by atoms with Gasteiger partial charge in [0.15, 0.2) is 0 Å². The smallest absolute Gasteiger partial charge is 0.376 e. The summed E-state index contributed by atoms with van der Waals surface area (Å²) in [6, 6.07) is 4.96. The van der Waals surface area contributed by atoms with Gasteiger partial charge < -0.3 is 4.74 Å². The van der Waals surface area contributed by atoms with Crippen molar-refractivity contribution in [1.29, 1.82) is 0 Å². The van der Waals surface area contributed by atoms with Crippen molar-refractivity contribution >= 4 is 0 Å². The third-order valence-corrected chi connectivity index (χ3v) is 4.97. The molecule has 2 aromatic rings. The molecule has 4 nitrogen and oxygen atoms in total. The topological polar surface area (TPSA) is 39.9 Å². The molecule has 0 bridgehead atoms. The van der Waals surface area contributed by atoms with Gasteiger partial charge in [0, 0.05) is 23.7 Å². The van der Waals surface area contributed by atoms with E-state index in [4.69, 9.17) is 4.74 Å². The molecule has 0 unspecified atom stereocenters. The SMILES string of the molecule is FC(F)(F)Cc1cc(C#CC2CC2)ccc1-c1cn(C[C@H]2CCCCO2)nn1. The van der Waals surface area contributed by atoms with Gasteiger partial charge in [0.25, 0.3) is 0 Å². The summed E-state index contributed by atoms with van der Waals surface area (Å²) in [4.78, 5) is 0. The van der Waals surface area contributed by atoms with Crippen LogP contribution >= 0.6 is 0 Å². The van der Waals surface area contributed by atoms with Crippen LogP contribution in [-0.4, -0.2) is 33.9 Å². The maximum absolute atomic E-state index is 13.1. The van der Waals surface area contributed by atoms with Crippen LogP contribution in [0.5, 0.6) is 0 Å². The predicted molar refractivity (Wildman–Crippen MR) is 98.4 cm³/mol. The number of aromatic nitrogens is 3. The van der Waals surface area contributed by atoms with E-state index in [9.17, 15) is 13.2 Å². The lowest BCUT2D eigenvalue weighted by atomic mass is 9.99. The summed E-state index contributed by atoms with van der Waals surface area (Å²) in [6.07, 6.45) is 1.76. The first-order valence-corrected chi connectivity index (χ1v) is 9.69. The lowest BCUT2D eigenvalue weighted by Gasteiger charge is -2.21. The number of hydrogen-bond donors (Lipinski definition) is 0. The zero-order chi connectivity index (χ0) is 19.6. The highest BCUT2D eigenvalue weighted by Crippen LogP contribution is 2.30. The Morgan fingerprint density at radius 3 is 2.75 bits per heavy atom. The van der Waals surface area contributed by atoms with Crippen LogP contribution < -0.4 is 0 Å². The largest absolute Gasteiger partial charge is 0.393 e. The van der Waals surface area contributed by atoms with Crippen molar-refractivity contribution in [2.75, 3.05) is 6.61 Å². The molecule has 0 spiro atoms. The van der Waals surface area contributed by atoms with Crippen LogP contribution in [0.15, 0.2) is 24.4 Å². The standard InChI is InChI=1S/C21H22F3N3O/c22-21(23,24)12-17-11-16(7-6-15-4-5-15)8-9-19(17)20-14-27(26-25-20)13-18-3-1-2-10-28-18/h8-9,11,14-15,18H,1-5,10,12-13H2/t18-/m1/s1. The number of benzene rings is 1. The normalized spacial score (nSPS) is 19.9. The van der Waals surface area contributed by atoms with Gasteiger partial charge >= 0.3 is 6.18 Å². The average Bonchev–Trinajstić information content (AvgIpc) is 3.38. The van der Waals surface area contributed by atoms with E-state index in [0.717, 1.165) is 38.7 Å². The van der Waals surface area contributed by atoms with Crippen LogP contribution in [0.25, 0.3) is 11.3 Å². The summed E-state index contributed by atoms with van der Waals surface area (Å²) >= 11 is 0. The molecule has 1 aromatic carbocycles. The second-order valence-corrected chi connectivity index (χ2v) is 7.52. The minimum Gasteiger partial charge on any atom is -0.376 e. The second-order valence-electron chi connectivity index (χ2n) is 7.52. The third-order valence-electron chi connectivity index (χ3n) is 4.97. The number of ether oxygens (including phenoxy) is 1. The molecule has 1 saturated heterocycles. The van der Waals surface area contributed by atoms with Crippen molar-refractivity contribution < 1.29 is 17.9 Å². The summed E-state index contributed by atoms with van der Waals surface area (Å²) in [7, 11) is 0. The Hall–Kier alpha value is -2.33. The molecule has 2 aliphatic rings. The first-order chi connectivity index (χ1) is 13.5. The van der Waals surface area contributed by atoms with Gasteiger partial charge in [0.05, 0.1) is 25.3 Å². The average molecular weight is 389 g/mol. The second kappa shape index (κ2) is 7.96. The number of alkyl halides is 3. The highest BCUT2D eigenvalue weighted by molar-refractivity contribution is 5.64. The molecule has 1 atom stereocenters. The van der Waals surface area contributed by atoms with Crippen molar-refractivity contribution in [3.05, 3.63) is 35.5 Å². The quantitative estimate of drug-likeness (QED) is 0.729. The molecule has 1 saturated carbocycles. The summed E-state index contributed by atoms with van der Waals surface area (Å²) in [5.74, 6) is 6.49. The van der Waals surface area contributed by atoms with Crippen LogP contribution in [0.2, 0.25) is 0 Å². The molecular formula is C21H22F3N3O. The molecule has 0 radical (unpaired) electrons. The molecule has 0 amide bonds. The fourth-order valence-corrected chi connectivity index (χ4v) is 3.37. The van der Waals surface area contributed by atoms with Gasteiger partial charge in [0.1, 0.15) is 5.69 Å². The van der Waals surface area contributed by atoms with E-state index < -0.39 is 12.6 Å². The fraction of sp³-hybridized carbons (Fsp3) is 0.524. The van der Waals surface area contributed by atoms with Crippen molar-refractivity contribution in [3.63, 3.8) is 0 Å². The van der Waals surface area contributed by atoms with Gasteiger partial charge in [-0.05, 0) is 49.8 Å². The van der Waals surface area contributed by atoms with E-state index in [1.807, 2.05) is 0 Å². The Kier molecular flexibility index (Phi) is 5.40. The Bertz CT molecular complexity index is 884. The van der Waals surface area contributed by atoms with E-state index in [1.54, 1.807) is 23.0 Å². The molecule has 1 aromatic heterocycles. The van der Waals surface area contributed by atoms with Gasteiger partial charge in [-0.15, -0.1) is 5.10 Å². The Labute approximate surface area is 162 Å². The van der Waals surface area contributed by atoms with E-state index >= 15 is 0 Å². The van der Waals surface area contributed by atoms with Crippen molar-refractivity contribution in [3.8, 4) is 23.1 Å². The van der Waals surface area contributed by atoms with Crippen molar-refractivity contribution in [1.82, 2.24) is 15.0 Å². The number of hydrogen-bond acceptors (Lipinski definition) is 3. The maximum Gasteiger partial charge on any atom is 0.393 e. The molecule has 7 heteroatoms. The summed E-state index contributed by atoms with van der Waals surface area (Å²) < 4.78 is 46.7. The third kappa shape index (κ3) is 5.14. The van der Waals surface area contributed by atoms with Crippen molar-refractivity contribution in [2.24, 2.45) is 5.92 Å². The van der Waals surface area contributed by atoms with E-state index in [-0.39, 0.29) is 11.7 Å². The Morgan fingerprint density at radius 2 is 2.04 bits per heavy atom. The molecule has 2 heterocycles. The molecule has 1 aliphatic carbocycles. The first-order valence-electron chi connectivity index (χ1n) is 9.69. The summed E-state index contributed by atoms with van der Waals surface area (Å²) in [6.45, 7) is 1.30. The Balaban J connectivity index is 1.57. The number of halogens is 3. The van der Waals surface area contributed by atoms with Crippen LogP contribution in [0.4, 0.5) is 13.2 Å². The zero-order valence-electron chi connectivity index (χ0n) is 15.5. The highest BCUT2D eigenvalue weighted by Gasteiger charge is 2.29. The minimum absolute atomic E-state index is 0.0815. The van der Waals surface area contributed by atoms with E-state index in [2.05, 4.69) is 22.2 Å². The molecule has 2 fully saturated rings. The van der Waals surface area contributed by atoms with Crippen LogP contribution in [0.1, 0.15) is 43.2 Å². The highest BCUT2D eigenvalue weighted by atomic mass is 19.4. The van der Waals surface area contributed by atoms with E-state index in [1.165, 1.54) is 6.07 Å². The summed E-state index contributed by atoms with van der Waals surface area (Å²) in [5, 5.41) is 8.20. The van der Waals surface area contributed by atoms with Crippen LogP contribution in [0.3, 0.4) is 0 Å². The number of nitrogens with zero attached hydrogens (tertiary/aromatic N) is 3. The van der Waals surface area contributed by atoms with Gasteiger partial charge in [-0.1, -0.05) is 23.1 Å². The minimum atomic E-state index is -4.30. The first kappa shape index (κ1) is 19.0. The zero-order valence-corrected chi connectivity index (χ0v) is 15.5. The molecule has 0 N–H and O–H groups in total. The Morgan fingerprint density at radius 1 is 1.18 bits per heavy atom. The van der Waals surface area contributed by atoms with E-state index in [0.29, 0.717) is 29.3 Å². The fourth-order valence-electron chi connectivity index (χ4n) is 3.37. The van der Waals surface area contributed by atoms with Crippen LogP contribution in [-0.2, 0) is 17.7 Å². The lowest BCUT2D eigenvalue weighted by molar-refractivity contribution is -0.127. The molecular weight excluding hydrogens is 367 g/mol. The van der Waals surface area contributed by atoms with Crippen LogP contribution in [0, 0.1) is 17.8 Å². The summed E-state index contributed by atoms with van der Waals surface area (Å²) in [5.41, 5.74) is 1.68. The van der Waals surface area contributed by atoms with Crippen molar-refractivity contribution in [2.45, 2.75) is 57.3 Å². The lowest BCUT2D eigenvalue weighted by Crippen LogP contribution is -2.24. The number of rotatable bonds is 4. The maximum atomic E-state index is 13.1. The molecule has 4 rings (SSSR count). The predicted octanol–water partition coefficient (Wildman–Crippen LogP) is 4.38. The molecule has 1 aliphatic heterocycles. The molecule has 28 heavy (non-hydrogen) atoms. The monoisotopic (exact) mass is 389 g/mol. The van der Waals surface area contributed by atoms with Gasteiger partial charge in [0.2, 0.25) is 0 Å². The van der Waals surface area contributed by atoms with Gasteiger partial charge in [-0.2, -0.15) is 13.2 Å². The van der Waals surface area contributed by atoms with Gasteiger partial charge in [-0.25, -0.2) is 4.68 Å². The molecule has 148 valence electrons.